The van der Waals surface area contributed by atoms with Crippen molar-refractivity contribution in [1.82, 2.24) is 10.3 Å². The molecule has 0 saturated heterocycles. The third kappa shape index (κ3) is 2.88. The Morgan fingerprint density at radius 2 is 2.39 bits per heavy atom. The molecule has 2 aromatic heterocycles. The Kier molecular flexibility index (Phi) is 3.98. The van der Waals surface area contributed by atoms with E-state index in [1.54, 1.807) is 23.6 Å². The van der Waals surface area contributed by atoms with Crippen LogP contribution in [-0.2, 0) is 0 Å². The maximum absolute atomic E-state index is 11.9. The summed E-state index contributed by atoms with van der Waals surface area (Å²) in [5, 5.41) is 5.89. The first-order valence-electron chi connectivity index (χ1n) is 5.61. The maximum Gasteiger partial charge on any atom is 0.261 e. The maximum atomic E-state index is 11.9. The normalized spacial score (nSPS) is 12.3. The molecule has 96 valence electrons. The van der Waals surface area contributed by atoms with E-state index in [0.717, 1.165) is 9.88 Å². The molecule has 0 fully saturated rings. The van der Waals surface area contributed by atoms with Gasteiger partial charge in [-0.2, -0.15) is 0 Å². The van der Waals surface area contributed by atoms with E-state index in [-0.39, 0.29) is 11.8 Å². The summed E-state index contributed by atoms with van der Waals surface area (Å²) in [6, 6.07) is 1.73. The first-order chi connectivity index (χ1) is 8.58. The standard InChI is InChI=1S/C12H15N3OS2/c1-7(12-14-3-4-17-12)6-15-11(16)10-5-9(13)8(2)18-10/h3-5,7H,6,13H2,1-2H3,(H,15,16). The van der Waals surface area contributed by atoms with Crippen LogP contribution in [0.2, 0.25) is 0 Å². The third-order valence-electron chi connectivity index (χ3n) is 2.62. The Hall–Kier alpha value is -1.40. The quantitative estimate of drug-likeness (QED) is 0.905. The molecular weight excluding hydrogens is 266 g/mol. The zero-order valence-corrected chi connectivity index (χ0v) is 11.9. The number of aryl methyl sites for hydroxylation is 1. The zero-order chi connectivity index (χ0) is 13.1. The molecule has 2 rings (SSSR count). The van der Waals surface area contributed by atoms with Crippen molar-refractivity contribution in [2.24, 2.45) is 0 Å². The summed E-state index contributed by atoms with van der Waals surface area (Å²) in [5.74, 6) is 0.163. The van der Waals surface area contributed by atoms with E-state index in [0.29, 0.717) is 17.1 Å². The van der Waals surface area contributed by atoms with Crippen LogP contribution in [0.25, 0.3) is 0 Å². The number of carbonyl (C=O) groups excluding carboxylic acids is 1. The molecule has 6 heteroatoms. The molecule has 0 radical (unpaired) electrons. The van der Waals surface area contributed by atoms with Gasteiger partial charge in [-0.25, -0.2) is 4.98 Å². The molecule has 0 saturated carbocycles. The monoisotopic (exact) mass is 281 g/mol. The van der Waals surface area contributed by atoms with E-state index in [1.807, 2.05) is 19.2 Å². The lowest BCUT2D eigenvalue weighted by atomic mass is 10.2. The van der Waals surface area contributed by atoms with Gasteiger partial charge in [-0.1, -0.05) is 6.92 Å². The highest BCUT2D eigenvalue weighted by atomic mass is 32.1. The second-order valence-corrected chi connectivity index (χ2v) is 6.29. The molecule has 1 amide bonds. The minimum absolute atomic E-state index is 0.0665. The van der Waals surface area contributed by atoms with Crippen LogP contribution in [0.5, 0.6) is 0 Å². The van der Waals surface area contributed by atoms with Crippen molar-refractivity contribution in [3.05, 3.63) is 32.4 Å². The van der Waals surface area contributed by atoms with Crippen LogP contribution < -0.4 is 11.1 Å². The number of aromatic nitrogens is 1. The molecule has 0 aliphatic heterocycles. The van der Waals surface area contributed by atoms with E-state index >= 15 is 0 Å². The highest BCUT2D eigenvalue weighted by Gasteiger charge is 2.13. The van der Waals surface area contributed by atoms with Gasteiger partial charge < -0.3 is 11.1 Å². The van der Waals surface area contributed by atoms with Gasteiger partial charge in [0.15, 0.2) is 0 Å². The highest BCUT2D eigenvalue weighted by molar-refractivity contribution is 7.14. The van der Waals surface area contributed by atoms with Gasteiger partial charge in [0.25, 0.3) is 5.91 Å². The topological polar surface area (TPSA) is 68.0 Å². The molecule has 18 heavy (non-hydrogen) atoms. The number of nitrogen functional groups attached to an aromatic ring is 1. The first kappa shape index (κ1) is 13.0. The number of amides is 1. The van der Waals surface area contributed by atoms with Crippen LogP contribution in [0.15, 0.2) is 17.6 Å². The average molecular weight is 281 g/mol. The molecule has 0 aliphatic carbocycles. The minimum Gasteiger partial charge on any atom is -0.398 e. The van der Waals surface area contributed by atoms with Crippen molar-refractivity contribution < 1.29 is 4.79 Å². The number of hydrogen-bond acceptors (Lipinski definition) is 5. The molecule has 1 unspecified atom stereocenters. The number of carbonyl (C=O) groups is 1. The van der Waals surface area contributed by atoms with E-state index in [2.05, 4.69) is 10.3 Å². The summed E-state index contributed by atoms with van der Waals surface area (Å²) < 4.78 is 0. The van der Waals surface area contributed by atoms with E-state index < -0.39 is 0 Å². The molecule has 2 heterocycles. The summed E-state index contributed by atoms with van der Waals surface area (Å²) in [5.41, 5.74) is 6.41. The molecule has 0 aliphatic rings. The van der Waals surface area contributed by atoms with Crippen molar-refractivity contribution in [3.63, 3.8) is 0 Å². The fourth-order valence-electron chi connectivity index (χ4n) is 1.51. The van der Waals surface area contributed by atoms with E-state index in [9.17, 15) is 4.79 Å². The first-order valence-corrected chi connectivity index (χ1v) is 7.31. The number of hydrogen-bond donors (Lipinski definition) is 2. The molecule has 0 spiro atoms. The molecular formula is C12H15N3OS2. The number of thiophene rings is 1. The zero-order valence-electron chi connectivity index (χ0n) is 10.3. The molecule has 2 aromatic rings. The fraction of sp³-hybridized carbons (Fsp3) is 0.333. The van der Waals surface area contributed by atoms with Gasteiger partial charge in [-0.3, -0.25) is 4.79 Å². The van der Waals surface area contributed by atoms with Crippen molar-refractivity contribution in [1.29, 1.82) is 0 Å². The number of anilines is 1. The van der Waals surface area contributed by atoms with Gasteiger partial charge in [0.2, 0.25) is 0 Å². The number of thiazole rings is 1. The van der Waals surface area contributed by atoms with Gasteiger partial charge in [0, 0.05) is 34.6 Å². The molecule has 0 bridgehead atoms. The van der Waals surface area contributed by atoms with Crippen LogP contribution >= 0.6 is 22.7 Å². The van der Waals surface area contributed by atoms with Crippen LogP contribution in [-0.4, -0.2) is 17.4 Å². The smallest absolute Gasteiger partial charge is 0.261 e. The lowest BCUT2D eigenvalue weighted by Crippen LogP contribution is -2.26. The van der Waals surface area contributed by atoms with E-state index in [1.165, 1.54) is 11.3 Å². The summed E-state index contributed by atoms with van der Waals surface area (Å²) in [6.45, 7) is 4.55. The largest absolute Gasteiger partial charge is 0.398 e. The van der Waals surface area contributed by atoms with Crippen molar-refractivity contribution >= 4 is 34.3 Å². The Balaban J connectivity index is 1.92. The highest BCUT2D eigenvalue weighted by Crippen LogP contribution is 2.23. The lowest BCUT2D eigenvalue weighted by Gasteiger charge is -2.09. The Morgan fingerprint density at radius 1 is 1.61 bits per heavy atom. The predicted octanol–water partition coefficient (Wildman–Crippen LogP) is 2.63. The van der Waals surface area contributed by atoms with Crippen LogP contribution in [0.4, 0.5) is 5.69 Å². The summed E-state index contributed by atoms with van der Waals surface area (Å²) in [7, 11) is 0. The Morgan fingerprint density at radius 3 is 2.94 bits per heavy atom. The van der Waals surface area contributed by atoms with Gasteiger partial charge in [-0.05, 0) is 13.0 Å². The van der Waals surface area contributed by atoms with Gasteiger partial charge in [0.05, 0.1) is 9.88 Å². The SMILES string of the molecule is Cc1sc(C(=O)NCC(C)c2nccs2)cc1N. The third-order valence-corrected chi connectivity index (χ3v) is 4.69. The fourth-order valence-corrected chi connectivity index (χ4v) is 3.06. The van der Waals surface area contributed by atoms with Gasteiger partial charge in [-0.15, -0.1) is 22.7 Å². The lowest BCUT2D eigenvalue weighted by molar-refractivity contribution is 0.0955. The van der Waals surface area contributed by atoms with E-state index in [4.69, 9.17) is 5.73 Å². The summed E-state index contributed by atoms with van der Waals surface area (Å²) in [4.78, 5) is 17.8. The number of nitrogens with one attached hydrogen (secondary N) is 1. The van der Waals surface area contributed by atoms with Crippen LogP contribution in [0.1, 0.15) is 32.4 Å². The van der Waals surface area contributed by atoms with Gasteiger partial charge in [0.1, 0.15) is 0 Å². The second-order valence-electron chi connectivity index (χ2n) is 4.10. The Labute approximate surface area is 114 Å². The molecule has 0 aromatic carbocycles. The molecule has 1 atom stereocenters. The van der Waals surface area contributed by atoms with Crippen molar-refractivity contribution in [3.8, 4) is 0 Å². The van der Waals surface area contributed by atoms with Crippen LogP contribution in [0, 0.1) is 6.92 Å². The number of rotatable bonds is 4. The summed E-state index contributed by atoms with van der Waals surface area (Å²) >= 11 is 3.03. The minimum atomic E-state index is -0.0665. The predicted molar refractivity (Wildman–Crippen MR) is 76.3 cm³/mol. The molecule has 4 nitrogen and oxygen atoms in total. The average Bonchev–Trinajstić information content (AvgIpc) is 2.97. The van der Waals surface area contributed by atoms with Crippen molar-refractivity contribution in [2.45, 2.75) is 19.8 Å². The van der Waals surface area contributed by atoms with Gasteiger partial charge >= 0.3 is 0 Å². The summed E-state index contributed by atoms with van der Waals surface area (Å²) in [6.07, 6.45) is 1.78. The van der Waals surface area contributed by atoms with Crippen molar-refractivity contribution in [2.75, 3.05) is 12.3 Å². The Bertz CT molecular complexity index is 514. The van der Waals surface area contributed by atoms with Crippen LogP contribution in [0.3, 0.4) is 0 Å². The number of nitrogens with two attached hydrogens (primary N) is 1. The second kappa shape index (κ2) is 5.49. The number of nitrogens with zero attached hydrogens (tertiary/aromatic N) is 1. The molecule has 3 N–H and O–H groups in total.